The predicted octanol–water partition coefficient (Wildman–Crippen LogP) is 3.73. The number of methoxy groups -OCH3 is 1. The van der Waals surface area contributed by atoms with E-state index in [2.05, 4.69) is 5.32 Å². The van der Waals surface area contributed by atoms with Crippen LogP contribution in [0.15, 0.2) is 51.7 Å². The molecule has 1 aliphatic heterocycles. The van der Waals surface area contributed by atoms with Crippen molar-refractivity contribution in [2.45, 2.75) is 51.1 Å². The first-order valence-corrected chi connectivity index (χ1v) is 11.2. The van der Waals surface area contributed by atoms with Crippen LogP contribution in [0, 0.1) is 0 Å². The van der Waals surface area contributed by atoms with E-state index in [0.717, 1.165) is 36.0 Å². The van der Waals surface area contributed by atoms with Gasteiger partial charge in [-0.25, -0.2) is 9.59 Å². The van der Waals surface area contributed by atoms with Gasteiger partial charge in [-0.2, -0.15) is 0 Å². The van der Waals surface area contributed by atoms with Crippen LogP contribution in [0.5, 0.6) is 5.75 Å². The normalized spacial score (nSPS) is 19.8. The molecule has 0 bridgehead atoms. The number of hydrogen-bond donors (Lipinski definition) is 1. The Morgan fingerprint density at radius 3 is 2.52 bits per heavy atom. The first-order valence-electron chi connectivity index (χ1n) is 11.2. The molecule has 1 aliphatic carbocycles. The van der Waals surface area contributed by atoms with Crippen molar-refractivity contribution in [3.05, 3.63) is 75.1 Å². The standard InChI is InChI=1S/C26H26N2O5/c1-26(11-10-16-6-8-20(32-2)9-7-16)24(30)28(25(31)27-26)15-19-14-23(29)33-22-13-18-5-3-4-17(18)12-21(19)22/h6-9,12-14H,3-5,10-11,15H2,1-2H3,(H,27,31)/t26-/m1/s1. The average molecular weight is 447 g/mol. The van der Waals surface area contributed by atoms with Crippen LogP contribution >= 0.6 is 0 Å². The van der Waals surface area contributed by atoms with E-state index in [9.17, 15) is 14.4 Å². The highest BCUT2D eigenvalue weighted by molar-refractivity contribution is 6.07. The van der Waals surface area contributed by atoms with Crippen molar-refractivity contribution >= 4 is 22.9 Å². The zero-order valence-electron chi connectivity index (χ0n) is 18.8. The van der Waals surface area contributed by atoms with Crippen LogP contribution in [0.3, 0.4) is 0 Å². The number of fused-ring (bicyclic) bond motifs is 2. The molecule has 1 aromatic heterocycles. The molecule has 7 heteroatoms. The molecule has 2 aromatic carbocycles. The van der Waals surface area contributed by atoms with E-state index in [4.69, 9.17) is 9.15 Å². The Morgan fingerprint density at radius 2 is 1.79 bits per heavy atom. The van der Waals surface area contributed by atoms with Gasteiger partial charge < -0.3 is 14.5 Å². The second kappa shape index (κ2) is 8.06. The van der Waals surface area contributed by atoms with E-state index in [-0.39, 0.29) is 12.5 Å². The summed E-state index contributed by atoms with van der Waals surface area (Å²) in [5.74, 6) is 0.482. The monoisotopic (exact) mass is 446 g/mol. The van der Waals surface area contributed by atoms with Gasteiger partial charge in [-0.3, -0.25) is 9.69 Å². The number of nitrogens with zero attached hydrogens (tertiary/aromatic N) is 1. The van der Waals surface area contributed by atoms with Crippen molar-refractivity contribution < 1.29 is 18.7 Å². The summed E-state index contributed by atoms with van der Waals surface area (Å²) >= 11 is 0. The molecule has 0 radical (unpaired) electrons. The third kappa shape index (κ3) is 3.88. The molecule has 2 heterocycles. The number of benzene rings is 2. The van der Waals surface area contributed by atoms with Crippen LogP contribution in [0.25, 0.3) is 11.0 Å². The summed E-state index contributed by atoms with van der Waals surface area (Å²) in [4.78, 5) is 39.5. The first kappa shape index (κ1) is 21.2. The topological polar surface area (TPSA) is 88.8 Å². The van der Waals surface area contributed by atoms with Crippen molar-refractivity contribution in [1.82, 2.24) is 10.2 Å². The number of carbonyl (C=O) groups excluding carboxylic acids is 2. The summed E-state index contributed by atoms with van der Waals surface area (Å²) in [6.07, 6.45) is 4.12. The zero-order chi connectivity index (χ0) is 23.2. The van der Waals surface area contributed by atoms with Gasteiger partial charge in [0.2, 0.25) is 0 Å². The first-order chi connectivity index (χ1) is 15.9. The van der Waals surface area contributed by atoms with Gasteiger partial charge >= 0.3 is 11.7 Å². The lowest BCUT2D eigenvalue weighted by Crippen LogP contribution is -2.44. The molecule has 0 spiro atoms. The maximum Gasteiger partial charge on any atom is 0.336 e. The molecule has 3 amide bonds. The summed E-state index contributed by atoms with van der Waals surface area (Å²) in [5.41, 5.74) is 3.13. The molecule has 5 rings (SSSR count). The molecule has 33 heavy (non-hydrogen) atoms. The number of carbonyl (C=O) groups is 2. The van der Waals surface area contributed by atoms with Crippen LogP contribution < -0.4 is 15.7 Å². The van der Waals surface area contributed by atoms with Gasteiger partial charge in [0.05, 0.1) is 13.7 Å². The largest absolute Gasteiger partial charge is 0.497 e. The van der Waals surface area contributed by atoms with Crippen molar-refractivity contribution in [2.75, 3.05) is 7.11 Å². The maximum absolute atomic E-state index is 13.3. The van der Waals surface area contributed by atoms with Gasteiger partial charge in [-0.15, -0.1) is 0 Å². The minimum atomic E-state index is -1.01. The Labute approximate surface area is 191 Å². The number of aryl methyl sites for hydroxylation is 3. The fourth-order valence-electron chi connectivity index (χ4n) is 4.84. The van der Waals surface area contributed by atoms with Gasteiger partial charge in [-0.1, -0.05) is 12.1 Å². The third-order valence-corrected chi connectivity index (χ3v) is 6.79. The second-order valence-corrected chi connectivity index (χ2v) is 9.06. The molecule has 170 valence electrons. The highest BCUT2D eigenvalue weighted by atomic mass is 16.5. The molecule has 1 fully saturated rings. The Morgan fingerprint density at radius 1 is 1.06 bits per heavy atom. The summed E-state index contributed by atoms with van der Waals surface area (Å²) < 4.78 is 10.6. The van der Waals surface area contributed by atoms with E-state index in [0.29, 0.717) is 24.0 Å². The summed E-state index contributed by atoms with van der Waals surface area (Å²) in [7, 11) is 1.62. The predicted molar refractivity (Wildman–Crippen MR) is 123 cm³/mol. The number of imide groups is 1. The Balaban J connectivity index is 1.38. The lowest BCUT2D eigenvalue weighted by atomic mass is 9.93. The number of ether oxygens (including phenoxy) is 1. The van der Waals surface area contributed by atoms with Gasteiger partial charge in [0, 0.05) is 11.5 Å². The van der Waals surface area contributed by atoms with Crippen molar-refractivity contribution in [1.29, 1.82) is 0 Å². The minimum absolute atomic E-state index is 0.0314. The smallest absolute Gasteiger partial charge is 0.336 e. The fourth-order valence-corrected chi connectivity index (χ4v) is 4.84. The molecule has 1 N–H and O–H groups in total. The van der Waals surface area contributed by atoms with E-state index in [1.165, 1.54) is 22.1 Å². The highest BCUT2D eigenvalue weighted by Gasteiger charge is 2.47. The van der Waals surface area contributed by atoms with E-state index < -0.39 is 17.2 Å². The van der Waals surface area contributed by atoms with Gasteiger partial charge in [-0.05, 0) is 85.5 Å². The van der Waals surface area contributed by atoms with Crippen molar-refractivity contribution in [3.8, 4) is 5.75 Å². The highest BCUT2D eigenvalue weighted by Crippen LogP contribution is 2.31. The molecule has 7 nitrogen and oxygen atoms in total. The molecular formula is C26H26N2O5. The number of rotatable bonds is 6. The van der Waals surface area contributed by atoms with Crippen molar-refractivity contribution in [3.63, 3.8) is 0 Å². The Kier molecular flexibility index (Phi) is 5.19. The lowest BCUT2D eigenvalue weighted by molar-refractivity contribution is -0.131. The maximum atomic E-state index is 13.3. The van der Waals surface area contributed by atoms with Crippen LogP contribution in [0.1, 0.15) is 42.0 Å². The van der Waals surface area contributed by atoms with Gasteiger partial charge in [0.1, 0.15) is 16.9 Å². The molecule has 2 aliphatic rings. The Hall–Kier alpha value is -3.61. The number of nitrogens with one attached hydrogen (secondary N) is 1. The van der Waals surface area contributed by atoms with Crippen LogP contribution in [0.2, 0.25) is 0 Å². The van der Waals surface area contributed by atoms with Crippen LogP contribution in [-0.4, -0.2) is 29.5 Å². The van der Waals surface area contributed by atoms with Gasteiger partial charge in [0.25, 0.3) is 5.91 Å². The molecule has 0 unspecified atom stereocenters. The number of amides is 3. The van der Waals surface area contributed by atoms with E-state index >= 15 is 0 Å². The van der Waals surface area contributed by atoms with Gasteiger partial charge in [0.15, 0.2) is 0 Å². The molecule has 3 aromatic rings. The number of urea groups is 1. The zero-order valence-corrected chi connectivity index (χ0v) is 18.8. The molecular weight excluding hydrogens is 420 g/mol. The summed E-state index contributed by atoms with van der Waals surface area (Å²) in [6.45, 7) is 1.78. The lowest BCUT2D eigenvalue weighted by Gasteiger charge is -2.22. The quantitative estimate of drug-likeness (QED) is 0.460. The number of hydrogen-bond acceptors (Lipinski definition) is 5. The fraction of sp³-hybridized carbons (Fsp3) is 0.346. The average Bonchev–Trinajstić information content (AvgIpc) is 3.34. The molecule has 0 saturated carbocycles. The Bertz CT molecular complexity index is 1310. The molecule has 1 saturated heterocycles. The van der Waals surface area contributed by atoms with Crippen molar-refractivity contribution in [2.24, 2.45) is 0 Å². The second-order valence-electron chi connectivity index (χ2n) is 9.06. The summed E-state index contributed by atoms with van der Waals surface area (Å²) in [5, 5.41) is 3.64. The SMILES string of the molecule is COc1ccc(CC[C@@]2(C)NC(=O)N(Cc3cc(=O)oc4cc5c(cc34)CCC5)C2=O)cc1. The van der Waals surface area contributed by atoms with Crippen LogP contribution in [-0.2, 0) is 30.6 Å². The van der Waals surface area contributed by atoms with Crippen LogP contribution in [0.4, 0.5) is 4.79 Å². The van der Waals surface area contributed by atoms with E-state index in [1.54, 1.807) is 14.0 Å². The third-order valence-electron chi connectivity index (χ3n) is 6.79. The minimum Gasteiger partial charge on any atom is -0.497 e. The molecule has 1 atom stereocenters. The summed E-state index contributed by atoms with van der Waals surface area (Å²) in [6, 6.07) is 12.6. The van der Waals surface area contributed by atoms with E-state index in [1.807, 2.05) is 36.4 Å².